The van der Waals surface area contributed by atoms with E-state index in [1.54, 1.807) is 4.90 Å². The molecular weight excluding hydrogens is 346 g/mol. The molecule has 0 N–H and O–H groups in total. The molecule has 0 unspecified atom stereocenters. The highest BCUT2D eigenvalue weighted by Gasteiger charge is 2.18. The van der Waals surface area contributed by atoms with E-state index in [0.717, 1.165) is 22.5 Å². The van der Waals surface area contributed by atoms with Gasteiger partial charge in [-0.1, -0.05) is 55.8 Å². The third kappa shape index (κ3) is 3.97. The average Bonchev–Trinajstić information content (AvgIpc) is 3.06. The Morgan fingerprint density at radius 1 is 1.12 bits per heavy atom. The molecule has 4 nitrogen and oxygen atoms in total. The van der Waals surface area contributed by atoms with Crippen molar-refractivity contribution in [2.75, 3.05) is 7.05 Å². The van der Waals surface area contributed by atoms with Gasteiger partial charge in [0, 0.05) is 41.9 Å². The molecule has 0 atom stereocenters. The molecule has 0 saturated heterocycles. The number of amides is 1. The van der Waals surface area contributed by atoms with Crippen LogP contribution < -0.4 is 0 Å². The van der Waals surface area contributed by atoms with Crippen molar-refractivity contribution in [1.82, 2.24) is 14.7 Å². The lowest BCUT2D eigenvalue weighted by molar-refractivity contribution is -0.133. The van der Waals surface area contributed by atoms with Gasteiger partial charge in [0.2, 0.25) is 5.91 Å². The number of carbonyl (C=O) groups excluding carboxylic acids is 1. The summed E-state index contributed by atoms with van der Waals surface area (Å²) in [6, 6.07) is 17.6. The van der Waals surface area contributed by atoms with Gasteiger partial charge < -0.3 is 4.90 Å². The van der Waals surface area contributed by atoms with Crippen LogP contribution in [0.2, 0.25) is 5.02 Å². The first-order valence-corrected chi connectivity index (χ1v) is 8.98. The van der Waals surface area contributed by atoms with E-state index in [9.17, 15) is 4.79 Å². The Hall–Kier alpha value is -2.59. The minimum absolute atomic E-state index is 0.0387. The van der Waals surface area contributed by atoms with Crippen LogP contribution in [0, 0.1) is 5.92 Å². The van der Waals surface area contributed by atoms with Gasteiger partial charge in [0.25, 0.3) is 0 Å². The fraction of sp³-hybridized carbons (Fsp3) is 0.238. The summed E-state index contributed by atoms with van der Waals surface area (Å²) in [5, 5.41) is 5.46. The summed E-state index contributed by atoms with van der Waals surface area (Å²) in [5.41, 5.74) is 3.80. The van der Waals surface area contributed by atoms with Crippen molar-refractivity contribution < 1.29 is 4.79 Å². The summed E-state index contributed by atoms with van der Waals surface area (Å²) in [4.78, 5) is 14.0. The number of nitrogens with zero attached hydrogens (tertiary/aromatic N) is 3. The molecule has 0 aliphatic rings. The molecule has 134 valence electrons. The second kappa shape index (κ2) is 7.75. The Balaban J connectivity index is 2.01. The van der Waals surface area contributed by atoms with E-state index < -0.39 is 0 Å². The van der Waals surface area contributed by atoms with Gasteiger partial charge in [0.05, 0.1) is 11.4 Å². The average molecular weight is 368 g/mol. The summed E-state index contributed by atoms with van der Waals surface area (Å²) in [5.74, 6) is 0.0719. The highest BCUT2D eigenvalue weighted by molar-refractivity contribution is 6.30. The van der Waals surface area contributed by atoms with Gasteiger partial charge in [0.1, 0.15) is 0 Å². The minimum Gasteiger partial charge on any atom is -0.341 e. The van der Waals surface area contributed by atoms with Crippen molar-refractivity contribution in [2.45, 2.75) is 20.4 Å². The van der Waals surface area contributed by atoms with Crippen LogP contribution in [0.15, 0.2) is 60.8 Å². The van der Waals surface area contributed by atoms with Gasteiger partial charge in [-0.25, -0.2) is 4.68 Å². The Morgan fingerprint density at radius 3 is 2.38 bits per heavy atom. The Morgan fingerprint density at radius 2 is 1.77 bits per heavy atom. The number of hydrogen-bond donors (Lipinski definition) is 0. The van der Waals surface area contributed by atoms with Crippen molar-refractivity contribution in [3.8, 4) is 16.9 Å². The molecule has 0 saturated carbocycles. The van der Waals surface area contributed by atoms with Crippen LogP contribution in [-0.4, -0.2) is 27.6 Å². The summed E-state index contributed by atoms with van der Waals surface area (Å²) in [7, 11) is 1.83. The quantitative estimate of drug-likeness (QED) is 0.649. The third-order valence-corrected chi connectivity index (χ3v) is 4.46. The second-order valence-electron chi connectivity index (χ2n) is 6.64. The van der Waals surface area contributed by atoms with Crippen LogP contribution >= 0.6 is 11.6 Å². The lowest BCUT2D eigenvalue weighted by Crippen LogP contribution is -2.30. The van der Waals surface area contributed by atoms with Gasteiger partial charge in [0.15, 0.2) is 0 Å². The fourth-order valence-electron chi connectivity index (χ4n) is 2.86. The van der Waals surface area contributed by atoms with E-state index in [2.05, 4.69) is 0 Å². The van der Waals surface area contributed by atoms with Crippen LogP contribution in [0.5, 0.6) is 0 Å². The maximum atomic E-state index is 12.3. The zero-order valence-corrected chi connectivity index (χ0v) is 15.9. The molecule has 0 bridgehead atoms. The Bertz CT molecular complexity index is 885. The topological polar surface area (TPSA) is 38.1 Å². The van der Waals surface area contributed by atoms with Crippen molar-refractivity contribution in [1.29, 1.82) is 0 Å². The minimum atomic E-state index is -0.0387. The molecule has 3 rings (SSSR count). The molecule has 0 spiro atoms. The number of para-hydroxylation sites is 1. The smallest absolute Gasteiger partial charge is 0.225 e. The standard InChI is InChI=1S/C21H22ClN3O/c1-15(2)21(26)24(3)13-17-14-25(19-7-5-4-6-8-19)23-20(17)16-9-11-18(22)12-10-16/h4-12,14-15H,13H2,1-3H3. The van der Waals surface area contributed by atoms with Crippen LogP contribution in [0.3, 0.4) is 0 Å². The van der Waals surface area contributed by atoms with E-state index >= 15 is 0 Å². The number of aromatic nitrogens is 2. The molecule has 0 aliphatic heterocycles. The number of benzene rings is 2. The van der Waals surface area contributed by atoms with Gasteiger partial charge in [-0.15, -0.1) is 0 Å². The highest BCUT2D eigenvalue weighted by Crippen LogP contribution is 2.26. The number of carbonyl (C=O) groups is 1. The zero-order chi connectivity index (χ0) is 18.7. The molecule has 3 aromatic rings. The molecule has 0 radical (unpaired) electrons. The van der Waals surface area contributed by atoms with Crippen molar-refractivity contribution in [3.05, 3.63) is 71.4 Å². The van der Waals surface area contributed by atoms with Crippen LogP contribution in [0.25, 0.3) is 16.9 Å². The highest BCUT2D eigenvalue weighted by atomic mass is 35.5. The number of hydrogen-bond acceptors (Lipinski definition) is 2. The first-order valence-electron chi connectivity index (χ1n) is 8.60. The lowest BCUT2D eigenvalue weighted by Gasteiger charge is -2.19. The maximum Gasteiger partial charge on any atom is 0.225 e. The van der Waals surface area contributed by atoms with Crippen molar-refractivity contribution in [2.24, 2.45) is 5.92 Å². The molecule has 1 heterocycles. The van der Waals surface area contributed by atoms with Gasteiger partial charge in [-0.3, -0.25) is 4.79 Å². The fourth-order valence-corrected chi connectivity index (χ4v) is 2.99. The van der Waals surface area contributed by atoms with Gasteiger partial charge in [-0.2, -0.15) is 5.10 Å². The summed E-state index contributed by atoms with van der Waals surface area (Å²) in [6.45, 7) is 4.32. The molecule has 0 fully saturated rings. The molecule has 26 heavy (non-hydrogen) atoms. The molecule has 2 aromatic carbocycles. The van der Waals surface area contributed by atoms with Crippen molar-refractivity contribution in [3.63, 3.8) is 0 Å². The van der Waals surface area contributed by atoms with E-state index in [1.807, 2.05) is 86.4 Å². The van der Waals surface area contributed by atoms with E-state index in [0.29, 0.717) is 11.6 Å². The number of rotatable bonds is 5. The van der Waals surface area contributed by atoms with Gasteiger partial charge >= 0.3 is 0 Å². The van der Waals surface area contributed by atoms with Crippen molar-refractivity contribution >= 4 is 17.5 Å². The first kappa shape index (κ1) is 18.2. The summed E-state index contributed by atoms with van der Waals surface area (Å²) < 4.78 is 1.85. The molecule has 0 aliphatic carbocycles. The van der Waals surface area contributed by atoms with Crippen LogP contribution in [0.4, 0.5) is 0 Å². The van der Waals surface area contributed by atoms with Crippen LogP contribution in [0.1, 0.15) is 19.4 Å². The Labute approximate surface area is 159 Å². The normalized spacial score (nSPS) is 11.0. The predicted molar refractivity (Wildman–Crippen MR) is 105 cm³/mol. The first-order chi connectivity index (χ1) is 12.5. The third-order valence-electron chi connectivity index (χ3n) is 4.21. The van der Waals surface area contributed by atoms with Crippen LogP contribution in [-0.2, 0) is 11.3 Å². The summed E-state index contributed by atoms with van der Waals surface area (Å²) in [6.07, 6.45) is 1.99. The second-order valence-corrected chi connectivity index (χ2v) is 7.08. The van der Waals surface area contributed by atoms with E-state index in [4.69, 9.17) is 16.7 Å². The predicted octanol–water partition coefficient (Wildman–Crippen LogP) is 4.81. The number of halogens is 1. The Kier molecular flexibility index (Phi) is 5.43. The lowest BCUT2D eigenvalue weighted by atomic mass is 10.1. The molecule has 1 aromatic heterocycles. The maximum absolute atomic E-state index is 12.3. The monoisotopic (exact) mass is 367 g/mol. The van der Waals surface area contributed by atoms with E-state index in [-0.39, 0.29) is 11.8 Å². The van der Waals surface area contributed by atoms with E-state index in [1.165, 1.54) is 0 Å². The molecule has 1 amide bonds. The SMILES string of the molecule is CC(C)C(=O)N(C)Cc1cn(-c2ccccc2)nc1-c1ccc(Cl)cc1. The summed E-state index contributed by atoms with van der Waals surface area (Å²) >= 11 is 6.02. The molecule has 5 heteroatoms. The zero-order valence-electron chi connectivity index (χ0n) is 15.2. The largest absolute Gasteiger partial charge is 0.341 e. The molecular formula is C21H22ClN3O. The van der Waals surface area contributed by atoms with Gasteiger partial charge in [-0.05, 0) is 24.3 Å².